The largest absolute Gasteiger partial charge is 0.450 e. The molecule has 1 aliphatic rings. The molecule has 6 heteroatoms. The zero-order valence-corrected chi connectivity index (χ0v) is 12.7. The van der Waals surface area contributed by atoms with Crippen LogP contribution in [0.5, 0.6) is 0 Å². The SMILES string of the molecule is Cc1c(C(=O)NCC(C)O)oc2c1C(=O)C(=O)c1ccccc1-2. The number of aliphatic hydroxyl groups is 1. The van der Waals surface area contributed by atoms with Gasteiger partial charge in [-0.2, -0.15) is 0 Å². The molecule has 1 unspecified atom stereocenters. The summed E-state index contributed by atoms with van der Waals surface area (Å²) >= 11 is 0. The van der Waals surface area contributed by atoms with Crippen LogP contribution in [-0.4, -0.2) is 35.2 Å². The molecule has 0 aliphatic heterocycles. The van der Waals surface area contributed by atoms with Gasteiger partial charge in [-0.25, -0.2) is 0 Å². The minimum atomic E-state index is -0.701. The van der Waals surface area contributed by atoms with Crippen LogP contribution >= 0.6 is 0 Å². The first-order chi connectivity index (χ1) is 10.9. The zero-order chi connectivity index (χ0) is 16.7. The first kappa shape index (κ1) is 15.2. The predicted molar refractivity (Wildman–Crippen MR) is 81.6 cm³/mol. The molecular weight excluding hydrogens is 298 g/mol. The lowest BCUT2D eigenvalue weighted by Crippen LogP contribution is -2.30. The average Bonchev–Trinajstić information content (AvgIpc) is 2.88. The van der Waals surface area contributed by atoms with Crippen LogP contribution in [0, 0.1) is 6.92 Å². The molecule has 1 aromatic carbocycles. The average molecular weight is 313 g/mol. The van der Waals surface area contributed by atoms with Crippen LogP contribution in [0.4, 0.5) is 0 Å². The first-order valence-electron chi connectivity index (χ1n) is 7.20. The monoisotopic (exact) mass is 313 g/mol. The third-order valence-corrected chi connectivity index (χ3v) is 3.76. The summed E-state index contributed by atoms with van der Waals surface area (Å²) in [5, 5.41) is 11.8. The van der Waals surface area contributed by atoms with Crippen molar-refractivity contribution in [1.82, 2.24) is 5.32 Å². The van der Waals surface area contributed by atoms with Gasteiger partial charge in [0.25, 0.3) is 5.91 Å². The zero-order valence-electron chi connectivity index (χ0n) is 12.7. The number of ketones is 2. The van der Waals surface area contributed by atoms with Crippen LogP contribution < -0.4 is 5.32 Å². The molecule has 6 nitrogen and oxygen atoms in total. The second-order valence-corrected chi connectivity index (χ2v) is 5.52. The predicted octanol–water partition coefficient (Wildman–Crippen LogP) is 1.74. The summed E-state index contributed by atoms with van der Waals surface area (Å²) in [4.78, 5) is 36.7. The summed E-state index contributed by atoms with van der Waals surface area (Å²) in [7, 11) is 0. The van der Waals surface area contributed by atoms with Crippen molar-refractivity contribution in [3.63, 3.8) is 0 Å². The molecule has 118 valence electrons. The van der Waals surface area contributed by atoms with Crippen LogP contribution in [0.15, 0.2) is 28.7 Å². The Bertz CT molecular complexity index is 832. The van der Waals surface area contributed by atoms with Crippen molar-refractivity contribution < 1.29 is 23.9 Å². The molecule has 1 heterocycles. The summed E-state index contributed by atoms with van der Waals surface area (Å²) in [6.45, 7) is 3.17. The number of furan rings is 1. The summed E-state index contributed by atoms with van der Waals surface area (Å²) in [5.74, 6) is -1.59. The molecule has 1 atom stereocenters. The van der Waals surface area contributed by atoms with Crippen LogP contribution in [0.25, 0.3) is 11.3 Å². The summed E-state index contributed by atoms with van der Waals surface area (Å²) < 4.78 is 5.61. The van der Waals surface area contributed by atoms with Crippen molar-refractivity contribution in [3.05, 3.63) is 46.7 Å². The van der Waals surface area contributed by atoms with Crippen molar-refractivity contribution in [1.29, 1.82) is 0 Å². The van der Waals surface area contributed by atoms with E-state index in [0.29, 0.717) is 11.1 Å². The van der Waals surface area contributed by atoms with Crippen LogP contribution in [0.3, 0.4) is 0 Å². The number of carbonyl (C=O) groups excluding carboxylic acids is 3. The number of nitrogens with one attached hydrogen (secondary N) is 1. The maximum atomic E-state index is 12.3. The summed E-state index contributed by atoms with van der Waals surface area (Å²) in [5.41, 5.74) is 1.24. The van der Waals surface area contributed by atoms with Gasteiger partial charge in [0.2, 0.25) is 11.6 Å². The maximum Gasteiger partial charge on any atom is 0.287 e. The Kier molecular flexibility index (Phi) is 3.61. The summed E-state index contributed by atoms with van der Waals surface area (Å²) in [6.07, 6.45) is -0.701. The van der Waals surface area contributed by atoms with E-state index in [1.165, 1.54) is 0 Å². The first-order valence-corrected chi connectivity index (χ1v) is 7.20. The van der Waals surface area contributed by atoms with Crippen molar-refractivity contribution in [2.24, 2.45) is 0 Å². The van der Waals surface area contributed by atoms with E-state index in [2.05, 4.69) is 5.32 Å². The van der Waals surface area contributed by atoms with E-state index in [4.69, 9.17) is 4.42 Å². The number of rotatable bonds is 3. The molecular formula is C17H15NO5. The second-order valence-electron chi connectivity index (χ2n) is 5.52. The van der Waals surface area contributed by atoms with Gasteiger partial charge < -0.3 is 14.8 Å². The molecule has 0 bridgehead atoms. The highest BCUT2D eigenvalue weighted by molar-refractivity contribution is 6.53. The van der Waals surface area contributed by atoms with E-state index in [0.717, 1.165) is 0 Å². The van der Waals surface area contributed by atoms with Gasteiger partial charge in [-0.05, 0) is 13.8 Å². The lowest BCUT2D eigenvalue weighted by atomic mass is 9.87. The quantitative estimate of drug-likeness (QED) is 0.841. The third-order valence-electron chi connectivity index (χ3n) is 3.76. The Balaban J connectivity index is 2.11. The topological polar surface area (TPSA) is 96.6 Å². The van der Waals surface area contributed by atoms with Gasteiger partial charge in [-0.3, -0.25) is 14.4 Å². The Labute approximate surface area is 132 Å². The van der Waals surface area contributed by atoms with Crippen molar-refractivity contribution >= 4 is 17.5 Å². The Morgan fingerprint density at radius 2 is 1.87 bits per heavy atom. The molecule has 0 fully saturated rings. The van der Waals surface area contributed by atoms with E-state index in [9.17, 15) is 19.5 Å². The van der Waals surface area contributed by atoms with Gasteiger partial charge in [-0.15, -0.1) is 0 Å². The molecule has 1 amide bonds. The number of Topliss-reactive ketones (excluding diaryl/α,β-unsaturated/α-hetero) is 2. The number of hydrogen-bond donors (Lipinski definition) is 2. The lowest BCUT2D eigenvalue weighted by molar-refractivity contribution is 0.0814. The minimum Gasteiger partial charge on any atom is -0.450 e. The number of hydrogen-bond acceptors (Lipinski definition) is 5. The Hall–Kier alpha value is -2.73. The lowest BCUT2D eigenvalue weighted by Gasteiger charge is -2.12. The molecule has 0 saturated carbocycles. The van der Waals surface area contributed by atoms with Gasteiger partial charge >= 0.3 is 0 Å². The van der Waals surface area contributed by atoms with Gasteiger partial charge in [0.1, 0.15) is 5.76 Å². The van der Waals surface area contributed by atoms with E-state index in [-0.39, 0.29) is 29.2 Å². The highest BCUT2D eigenvalue weighted by Gasteiger charge is 2.37. The standard InChI is InChI=1S/C17H15NO5/c1-8(19)7-18-17(22)15-9(2)12-14(21)13(20)10-5-3-4-6-11(10)16(12)23-15/h3-6,8,19H,7H2,1-2H3,(H,18,22). The number of aliphatic hydroxyl groups excluding tert-OH is 1. The van der Waals surface area contributed by atoms with E-state index in [1.54, 1.807) is 38.1 Å². The molecule has 1 aliphatic carbocycles. The fraction of sp³-hybridized carbons (Fsp3) is 0.235. The fourth-order valence-electron chi connectivity index (χ4n) is 2.63. The molecule has 0 saturated heterocycles. The third kappa shape index (κ3) is 2.37. The van der Waals surface area contributed by atoms with Crippen LogP contribution in [0.1, 0.15) is 43.8 Å². The molecule has 23 heavy (non-hydrogen) atoms. The van der Waals surface area contributed by atoms with Crippen molar-refractivity contribution in [2.45, 2.75) is 20.0 Å². The normalized spacial score (nSPS) is 14.2. The van der Waals surface area contributed by atoms with Gasteiger partial charge in [0.05, 0.1) is 11.7 Å². The minimum absolute atomic E-state index is 0.0199. The molecule has 2 aromatic rings. The van der Waals surface area contributed by atoms with Gasteiger partial charge in [0.15, 0.2) is 5.76 Å². The fourth-order valence-corrected chi connectivity index (χ4v) is 2.63. The van der Waals surface area contributed by atoms with Crippen molar-refractivity contribution in [3.8, 4) is 11.3 Å². The highest BCUT2D eigenvalue weighted by atomic mass is 16.4. The Morgan fingerprint density at radius 3 is 2.52 bits per heavy atom. The van der Waals surface area contributed by atoms with Crippen LogP contribution in [0.2, 0.25) is 0 Å². The smallest absolute Gasteiger partial charge is 0.287 e. The number of fused-ring (bicyclic) bond motifs is 3. The number of benzene rings is 1. The molecule has 1 aromatic heterocycles. The molecule has 0 spiro atoms. The molecule has 0 radical (unpaired) electrons. The van der Waals surface area contributed by atoms with Crippen molar-refractivity contribution in [2.75, 3.05) is 6.54 Å². The van der Waals surface area contributed by atoms with Gasteiger partial charge in [-0.1, -0.05) is 24.3 Å². The molecule has 2 N–H and O–H groups in total. The molecule has 3 rings (SSSR count). The Morgan fingerprint density at radius 1 is 1.22 bits per heavy atom. The maximum absolute atomic E-state index is 12.3. The summed E-state index contributed by atoms with van der Waals surface area (Å²) in [6, 6.07) is 6.64. The van der Waals surface area contributed by atoms with Crippen LogP contribution in [-0.2, 0) is 0 Å². The van der Waals surface area contributed by atoms with E-state index < -0.39 is 23.6 Å². The van der Waals surface area contributed by atoms with E-state index >= 15 is 0 Å². The number of carbonyl (C=O) groups is 3. The number of amides is 1. The van der Waals surface area contributed by atoms with Gasteiger partial charge in [0, 0.05) is 23.2 Å². The second kappa shape index (κ2) is 5.48. The highest BCUT2D eigenvalue weighted by Crippen LogP contribution is 2.38. The van der Waals surface area contributed by atoms with E-state index in [1.807, 2.05) is 0 Å².